The third kappa shape index (κ3) is 5.92. The number of ether oxygens (including phenoxy) is 2. The number of carbonyl (C=O) groups excluding carboxylic acids is 2. The fourth-order valence-electron chi connectivity index (χ4n) is 3.72. The van der Waals surface area contributed by atoms with Gasteiger partial charge in [-0.3, -0.25) is 4.79 Å². The summed E-state index contributed by atoms with van der Waals surface area (Å²) in [5.41, 5.74) is 0. The SMILES string of the molecule is Cc1noc(COCC(=O)N2CCCCC2COC(=O)N2CCCCCC2)n1. The maximum atomic E-state index is 12.6. The van der Waals surface area contributed by atoms with Crippen LogP contribution in [-0.2, 0) is 20.9 Å². The maximum absolute atomic E-state index is 12.6. The lowest BCUT2D eigenvalue weighted by molar-refractivity contribution is -0.141. The van der Waals surface area contributed by atoms with E-state index in [1.165, 1.54) is 0 Å². The van der Waals surface area contributed by atoms with E-state index < -0.39 is 0 Å². The van der Waals surface area contributed by atoms with Gasteiger partial charge in [0, 0.05) is 19.6 Å². The summed E-state index contributed by atoms with van der Waals surface area (Å²) < 4.78 is 16.0. The molecule has 2 aliphatic heterocycles. The van der Waals surface area contributed by atoms with Crippen molar-refractivity contribution in [3.63, 3.8) is 0 Å². The van der Waals surface area contributed by atoms with E-state index in [1.807, 2.05) is 0 Å². The smallest absolute Gasteiger partial charge is 0.409 e. The standard InChI is InChI=1S/C19H30N4O5/c1-15-20-17(28-21-15)13-26-14-18(24)23-11-7-4-8-16(23)12-27-19(25)22-9-5-2-3-6-10-22/h16H,2-14H2,1H3. The van der Waals surface area contributed by atoms with Crippen molar-refractivity contribution >= 4 is 12.0 Å². The van der Waals surface area contributed by atoms with E-state index in [-0.39, 0.29) is 37.9 Å². The van der Waals surface area contributed by atoms with Crippen LogP contribution in [0.2, 0.25) is 0 Å². The topological polar surface area (TPSA) is 98.0 Å². The lowest BCUT2D eigenvalue weighted by atomic mass is 10.0. The van der Waals surface area contributed by atoms with E-state index in [4.69, 9.17) is 14.0 Å². The molecular weight excluding hydrogens is 364 g/mol. The summed E-state index contributed by atoms with van der Waals surface area (Å²) in [5, 5.41) is 3.69. The number of nitrogens with zero attached hydrogens (tertiary/aromatic N) is 4. The second kappa shape index (κ2) is 10.4. The molecule has 0 aromatic carbocycles. The predicted molar refractivity (Wildman–Crippen MR) is 99.4 cm³/mol. The highest BCUT2D eigenvalue weighted by molar-refractivity contribution is 5.78. The molecule has 1 aromatic rings. The quantitative estimate of drug-likeness (QED) is 0.730. The van der Waals surface area contributed by atoms with Crippen molar-refractivity contribution in [3.8, 4) is 0 Å². The molecule has 2 amide bonds. The number of likely N-dealkylation sites (tertiary alicyclic amines) is 2. The fraction of sp³-hybridized carbons (Fsp3) is 0.789. The summed E-state index contributed by atoms with van der Waals surface area (Å²) in [6.07, 6.45) is 6.93. The molecule has 3 heterocycles. The largest absolute Gasteiger partial charge is 0.447 e. The van der Waals surface area contributed by atoms with E-state index in [2.05, 4.69) is 10.1 Å². The summed E-state index contributed by atoms with van der Waals surface area (Å²) in [4.78, 5) is 32.5. The summed E-state index contributed by atoms with van der Waals surface area (Å²) in [7, 11) is 0. The minimum Gasteiger partial charge on any atom is -0.447 e. The molecule has 1 unspecified atom stereocenters. The first-order valence-electron chi connectivity index (χ1n) is 10.2. The fourth-order valence-corrected chi connectivity index (χ4v) is 3.72. The molecule has 0 spiro atoms. The highest BCUT2D eigenvalue weighted by Crippen LogP contribution is 2.19. The molecule has 1 aromatic heterocycles. The Morgan fingerprint density at radius 2 is 1.86 bits per heavy atom. The molecule has 3 rings (SSSR count). The van der Waals surface area contributed by atoms with Crippen LogP contribution in [0.3, 0.4) is 0 Å². The molecule has 2 fully saturated rings. The van der Waals surface area contributed by atoms with Gasteiger partial charge in [0.15, 0.2) is 5.82 Å². The third-order valence-electron chi connectivity index (χ3n) is 5.23. The first kappa shape index (κ1) is 20.6. The molecule has 9 heteroatoms. The molecule has 9 nitrogen and oxygen atoms in total. The van der Waals surface area contributed by atoms with Gasteiger partial charge in [0.25, 0.3) is 5.89 Å². The lowest BCUT2D eigenvalue weighted by Crippen LogP contribution is -2.48. The zero-order valence-corrected chi connectivity index (χ0v) is 16.6. The van der Waals surface area contributed by atoms with Crippen LogP contribution in [-0.4, -0.2) is 70.8 Å². The van der Waals surface area contributed by atoms with Crippen LogP contribution >= 0.6 is 0 Å². The number of carbonyl (C=O) groups is 2. The number of piperidine rings is 1. The number of rotatable bonds is 6. The Morgan fingerprint density at radius 3 is 2.57 bits per heavy atom. The van der Waals surface area contributed by atoms with Gasteiger partial charge in [-0.25, -0.2) is 4.79 Å². The van der Waals surface area contributed by atoms with Crippen LogP contribution in [0.1, 0.15) is 56.7 Å². The Morgan fingerprint density at radius 1 is 1.11 bits per heavy atom. The zero-order valence-electron chi connectivity index (χ0n) is 16.6. The van der Waals surface area contributed by atoms with Gasteiger partial charge >= 0.3 is 6.09 Å². The average Bonchev–Trinajstić information content (AvgIpc) is 2.94. The number of aromatic nitrogens is 2. The molecule has 0 aliphatic carbocycles. The van der Waals surface area contributed by atoms with E-state index >= 15 is 0 Å². The molecule has 2 saturated heterocycles. The minimum atomic E-state index is -0.261. The van der Waals surface area contributed by atoms with E-state index in [0.29, 0.717) is 18.3 Å². The van der Waals surface area contributed by atoms with Crippen molar-refractivity contribution in [3.05, 3.63) is 11.7 Å². The third-order valence-corrected chi connectivity index (χ3v) is 5.23. The van der Waals surface area contributed by atoms with Crippen LogP contribution in [0.4, 0.5) is 4.79 Å². The Labute approximate surface area is 165 Å². The Balaban J connectivity index is 1.44. The highest BCUT2D eigenvalue weighted by atomic mass is 16.6. The minimum absolute atomic E-state index is 0.0575. The molecule has 2 aliphatic rings. The number of aryl methyl sites for hydroxylation is 1. The van der Waals surface area contributed by atoms with Crippen LogP contribution < -0.4 is 0 Å². The molecule has 0 N–H and O–H groups in total. The summed E-state index contributed by atoms with van der Waals surface area (Å²) in [6, 6.07) is -0.0913. The summed E-state index contributed by atoms with van der Waals surface area (Å²) >= 11 is 0. The first-order chi connectivity index (χ1) is 13.6. The molecule has 1 atom stereocenters. The van der Waals surface area contributed by atoms with Gasteiger partial charge in [-0.1, -0.05) is 18.0 Å². The molecule has 156 valence electrons. The van der Waals surface area contributed by atoms with E-state index in [1.54, 1.807) is 16.7 Å². The van der Waals surface area contributed by atoms with Crippen LogP contribution in [0.5, 0.6) is 0 Å². The maximum Gasteiger partial charge on any atom is 0.409 e. The van der Waals surface area contributed by atoms with Crippen molar-refractivity contribution in [2.75, 3.05) is 32.8 Å². The Hall–Kier alpha value is -2.16. The summed E-state index contributed by atoms with van der Waals surface area (Å²) in [5.74, 6) is 0.783. The molecule has 0 saturated carbocycles. The van der Waals surface area contributed by atoms with Crippen LogP contribution in [0.25, 0.3) is 0 Å². The summed E-state index contributed by atoms with van der Waals surface area (Å²) in [6.45, 7) is 4.19. The van der Waals surface area contributed by atoms with Gasteiger partial charge in [0.2, 0.25) is 5.91 Å². The molecule has 28 heavy (non-hydrogen) atoms. The van der Waals surface area contributed by atoms with Gasteiger partial charge in [-0.2, -0.15) is 4.98 Å². The van der Waals surface area contributed by atoms with Crippen molar-refractivity contribution < 1.29 is 23.6 Å². The Bertz CT molecular complexity index is 642. The van der Waals surface area contributed by atoms with Gasteiger partial charge in [-0.05, 0) is 39.0 Å². The van der Waals surface area contributed by atoms with E-state index in [0.717, 1.165) is 58.0 Å². The normalized spacial score (nSPS) is 20.7. The van der Waals surface area contributed by atoms with Gasteiger partial charge < -0.3 is 23.8 Å². The van der Waals surface area contributed by atoms with Crippen molar-refractivity contribution in [1.29, 1.82) is 0 Å². The first-order valence-corrected chi connectivity index (χ1v) is 10.2. The lowest BCUT2D eigenvalue weighted by Gasteiger charge is -2.35. The average molecular weight is 394 g/mol. The second-order valence-corrected chi connectivity index (χ2v) is 7.44. The predicted octanol–water partition coefficient (Wildman–Crippen LogP) is 2.29. The van der Waals surface area contributed by atoms with Crippen LogP contribution in [0, 0.1) is 6.92 Å². The van der Waals surface area contributed by atoms with Crippen LogP contribution in [0.15, 0.2) is 4.52 Å². The monoisotopic (exact) mass is 394 g/mol. The van der Waals surface area contributed by atoms with Crippen molar-refractivity contribution in [2.45, 2.75) is 64.5 Å². The van der Waals surface area contributed by atoms with Crippen molar-refractivity contribution in [2.24, 2.45) is 0 Å². The zero-order chi connectivity index (χ0) is 19.8. The second-order valence-electron chi connectivity index (χ2n) is 7.44. The molecule has 0 radical (unpaired) electrons. The highest BCUT2D eigenvalue weighted by Gasteiger charge is 2.28. The molecular formula is C19H30N4O5. The Kier molecular flexibility index (Phi) is 7.64. The molecule has 0 bridgehead atoms. The number of hydrogen-bond donors (Lipinski definition) is 0. The van der Waals surface area contributed by atoms with E-state index in [9.17, 15) is 9.59 Å². The van der Waals surface area contributed by atoms with Gasteiger partial charge in [0.05, 0.1) is 6.04 Å². The number of hydrogen-bond acceptors (Lipinski definition) is 7. The van der Waals surface area contributed by atoms with Gasteiger partial charge in [0.1, 0.15) is 19.8 Å². The van der Waals surface area contributed by atoms with Crippen molar-refractivity contribution in [1.82, 2.24) is 19.9 Å². The number of amides is 2. The van der Waals surface area contributed by atoms with Gasteiger partial charge in [-0.15, -0.1) is 0 Å².